The van der Waals surface area contributed by atoms with Crippen LogP contribution in [0.4, 0.5) is 23.7 Å². The highest BCUT2D eigenvalue weighted by Gasteiger charge is 2.46. The van der Waals surface area contributed by atoms with Crippen molar-refractivity contribution in [2.24, 2.45) is 5.92 Å². The van der Waals surface area contributed by atoms with Crippen LogP contribution >= 0.6 is 11.3 Å². The van der Waals surface area contributed by atoms with E-state index >= 15 is 0 Å². The van der Waals surface area contributed by atoms with Crippen LogP contribution in [0.15, 0.2) is 102 Å². The summed E-state index contributed by atoms with van der Waals surface area (Å²) in [6, 6.07) is 22.7. The van der Waals surface area contributed by atoms with Crippen LogP contribution in [0, 0.1) is 5.92 Å². The molecule has 50 heavy (non-hydrogen) atoms. The molecular weight excluding hydrogens is 692 g/mol. The summed E-state index contributed by atoms with van der Waals surface area (Å²) in [4.78, 5) is 26.4. The van der Waals surface area contributed by atoms with Gasteiger partial charge in [0.15, 0.2) is 5.78 Å². The van der Waals surface area contributed by atoms with Gasteiger partial charge in [0.1, 0.15) is 6.04 Å². The number of amides is 1. The van der Waals surface area contributed by atoms with Crippen molar-refractivity contribution < 1.29 is 41.0 Å². The van der Waals surface area contributed by atoms with Crippen LogP contribution in [0.1, 0.15) is 59.0 Å². The molecule has 4 rings (SSSR count). The molecule has 0 aliphatic heterocycles. The summed E-state index contributed by atoms with van der Waals surface area (Å²) in [5.74, 6) is -4.24. The first kappa shape index (κ1) is 38.6. The Morgan fingerprint density at radius 3 is 1.92 bits per heavy atom. The number of benzene rings is 3. The molecule has 3 aromatic carbocycles. The van der Waals surface area contributed by atoms with Gasteiger partial charge in [-0.05, 0) is 53.4 Å². The lowest BCUT2D eigenvalue weighted by Crippen LogP contribution is -2.46. The number of sulfonamides is 1. The zero-order chi connectivity index (χ0) is 36.6. The largest absolute Gasteiger partial charge is 0.453 e. The van der Waals surface area contributed by atoms with E-state index in [0.29, 0.717) is 28.2 Å². The Morgan fingerprint density at radius 2 is 1.44 bits per heavy atom. The summed E-state index contributed by atoms with van der Waals surface area (Å²) < 4.78 is 78.0. The van der Waals surface area contributed by atoms with Crippen LogP contribution < -0.4 is 11.1 Å². The molecule has 0 radical (unpaired) electrons. The molecule has 0 fully saturated rings. The first-order chi connectivity index (χ1) is 23.7. The number of anilines is 1. The maximum Gasteiger partial charge on any atom is 0.407 e. The van der Waals surface area contributed by atoms with Crippen molar-refractivity contribution in [3.8, 4) is 0 Å². The SMILES string of the molecule is COC(=O)N[C@H](C(=O)C[C@@H](c1ccc([C@@H](CO)N(CC(C)C)S(=O)(=O)c2ccc(N)cc2)s1)C(F)(F)F)C(c1ccccc1)c1ccccc1. The number of nitrogens with zero attached hydrogens (tertiary/aromatic N) is 1. The fraction of sp³-hybridized carbons (Fsp3) is 0.333. The van der Waals surface area contributed by atoms with Crippen molar-refractivity contribution in [1.82, 2.24) is 9.62 Å². The molecule has 0 bridgehead atoms. The fourth-order valence-corrected chi connectivity index (χ4v) is 8.79. The van der Waals surface area contributed by atoms with Gasteiger partial charge in [-0.2, -0.15) is 17.5 Å². The number of nitrogens with one attached hydrogen (secondary N) is 1. The number of thiophene rings is 1. The van der Waals surface area contributed by atoms with Gasteiger partial charge in [-0.15, -0.1) is 11.3 Å². The molecule has 0 spiro atoms. The molecule has 1 heterocycles. The molecule has 1 aromatic heterocycles. The second kappa shape index (κ2) is 16.6. The lowest BCUT2D eigenvalue weighted by Gasteiger charge is -2.31. The number of halogens is 3. The van der Waals surface area contributed by atoms with Gasteiger partial charge in [0, 0.05) is 34.3 Å². The van der Waals surface area contributed by atoms with E-state index < -0.39 is 65.0 Å². The van der Waals surface area contributed by atoms with E-state index in [1.807, 2.05) is 0 Å². The van der Waals surface area contributed by atoms with Crippen LogP contribution in [0.25, 0.3) is 0 Å². The number of ketones is 1. The van der Waals surface area contributed by atoms with E-state index in [0.717, 1.165) is 11.4 Å². The van der Waals surface area contributed by atoms with E-state index in [1.54, 1.807) is 74.5 Å². The van der Waals surface area contributed by atoms with Crippen molar-refractivity contribution in [3.05, 3.63) is 118 Å². The molecule has 0 unspecified atom stereocenters. The Bertz CT molecular complexity index is 1780. The minimum atomic E-state index is -4.90. The molecule has 14 heteroatoms. The molecular formula is C36H40F3N3O6S2. The minimum absolute atomic E-state index is 0.0341. The Hall–Kier alpha value is -4.24. The molecule has 0 saturated heterocycles. The third kappa shape index (κ3) is 9.30. The number of Topliss-reactive ketones (excluding diaryl/α,β-unsaturated/α-hetero) is 1. The van der Waals surface area contributed by atoms with E-state index in [1.165, 1.54) is 36.4 Å². The zero-order valence-corrected chi connectivity index (χ0v) is 29.3. The number of alkyl halides is 3. The Balaban J connectivity index is 1.73. The highest BCUT2D eigenvalue weighted by atomic mass is 32.2. The number of hydrogen-bond acceptors (Lipinski definition) is 8. The summed E-state index contributed by atoms with van der Waals surface area (Å²) in [6.07, 6.45) is -6.91. The predicted molar refractivity (Wildman–Crippen MR) is 186 cm³/mol. The normalized spacial score (nSPS) is 14.0. The number of rotatable bonds is 15. The quantitative estimate of drug-likeness (QED) is 0.113. The number of alkyl carbamates (subject to hydrolysis) is 1. The topological polar surface area (TPSA) is 139 Å². The molecule has 4 N–H and O–H groups in total. The maximum atomic E-state index is 14.8. The van der Waals surface area contributed by atoms with E-state index in [4.69, 9.17) is 10.5 Å². The third-order valence-corrected chi connectivity index (χ3v) is 11.3. The number of aliphatic hydroxyl groups is 1. The van der Waals surface area contributed by atoms with Crippen molar-refractivity contribution >= 4 is 38.9 Å². The van der Waals surface area contributed by atoms with Crippen LogP contribution in [0.3, 0.4) is 0 Å². The van der Waals surface area contributed by atoms with Gasteiger partial charge in [0.25, 0.3) is 0 Å². The molecule has 3 atom stereocenters. The van der Waals surface area contributed by atoms with E-state index in [2.05, 4.69) is 5.32 Å². The van der Waals surface area contributed by atoms with Gasteiger partial charge >= 0.3 is 12.3 Å². The van der Waals surface area contributed by atoms with Gasteiger partial charge in [-0.3, -0.25) is 4.79 Å². The van der Waals surface area contributed by atoms with Gasteiger partial charge in [0.05, 0.1) is 30.6 Å². The molecule has 0 aliphatic carbocycles. The molecule has 0 aliphatic rings. The Kier molecular flexibility index (Phi) is 12.8. The number of carbonyl (C=O) groups is 2. The second-order valence-electron chi connectivity index (χ2n) is 12.2. The molecule has 4 aromatic rings. The second-order valence-corrected chi connectivity index (χ2v) is 15.2. The monoisotopic (exact) mass is 731 g/mol. The van der Waals surface area contributed by atoms with Gasteiger partial charge in [-0.1, -0.05) is 74.5 Å². The summed E-state index contributed by atoms with van der Waals surface area (Å²) in [5, 5.41) is 13.0. The summed E-state index contributed by atoms with van der Waals surface area (Å²) in [7, 11) is -3.13. The minimum Gasteiger partial charge on any atom is -0.453 e. The molecule has 268 valence electrons. The lowest BCUT2D eigenvalue weighted by molar-refractivity contribution is -0.156. The third-order valence-electron chi connectivity index (χ3n) is 8.13. The highest BCUT2D eigenvalue weighted by Crippen LogP contribution is 2.44. The van der Waals surface area contributed by atoms with Crippen LogP contribution in [0.5, 0.6) is 0 Å². The summed E-state index contributed by atoms with van der Waals surface area (Å²) in [6.45, 7) is 2.81. The van der Waals surface area contributed by atoms with Gasteiger partial charge in [0.2, 0.25) is 10.0 Å². The number of nitrogens with two attached hydrogens (primary N) is 1. The smallest absolute Gasteiger partial charge is 0.407 e. The highest BCUT2D eigenvalue weighted by molar-refractivity contribution is 7.89. The van der Waals surface area contributed by atoms with Crippen molar-refractivity contribution in [3.63, 3.8) is 0 Å². The molecule has 0 saturated carbocycles. The zero-order valence-electron chi connectivity index (χ0n) is 27.7. The number of carbonyl (C=O) groups excluding carboxylic acids is 2. The van der Waals surface area contributed by atoms with Crippen molar-refractivity contribution in [1.29, 1.82) is 0 Å². The first-order valence-electron chi connectivity index (χ1n) is 15.8. The number of aliphatic hydroxyl groups excluding tert-OH is 1. The number of ether oxygens (including phenoxy) is 1. The average Bonchev–Trinajstić information content (AvgIpc) is 3.56. The van der Waals surface area contributed by atoms with Crippen LogP contribution in [-0.4, -0.2) is 62.2 Å². The lowest BCUT2D eigenvalue weighted by atomic mass is 9.81. The number of nitrogen functional groups attached to an aromatic ring is 1. The van der Waals surface area contributed by atoms with Crippen molar-refractivity contribution in [2.75, 3.05) is 26.0 Å². The Morgan fingerprint density at radius 1 is 0.900 bits per heavy atom. The predicted octanol–water partition coefficient (Wildman–Crippen LogP) is 6.87. The van der Waals surface area contributed by atoms with Gasteiger partial charge in [-0.25, -0.2) is 13.2 Å². The fourth-order valence-electron chi connectivity index (χ4n) is 5.73. The van der Waals surface area contributed by atoms with Gasteiger partial charge < -0.3 is 20.9 Å². The number of methoxy groups -OCH3 is 1. The number of hydrogen-bond donors (Lipinski definition) is 3. The van der Waals surface area contributed by atoms with E-state index in [9.17, 15) is 36.3 Å². The molecule has 9 nitrogen and oxygen atoms in total. The van der Waals surface area contributed by atoms with Crippen molar-refractivity contribution in [2.45, 2.75) is 55.3 Å². The summed E-state index contributed by atoms with van der Waals surface area (Å²) >= 11 is 0.673. The van der Waals surface area contributed by atoms with Crippen LogP contribution in [-0.2, 0) is 19.6 Å². The first-order valence-corrected chi connectivity index (χ1v) is 18.0. The van der Waals surface area contributed by atoms with E-state index in [-0.39, 0.29) is 27.1 Å². The van der Waals surface area contributed by atoms with Crippen LogP contribution in [0.2, 0.25) is 0 Å². The Labute approximate surface area is 293 Å². The summed E-state index contributed by atoms with van der Waals surface area (Å²) in [5.41, 5.74) is 7.27. The standard InChI is InChI=1S/C36H40F3N3O6S2/c1-23(2)21-42(50(46,47)27-16-14-26(40)15-17-27)29(22-43)32-19-18-31(49-32)28(36(37,38)39)20-30(44)34(41-35(45)48-3)33(24-10-6-4-7-11-24)25-12-8-5-9-13-25/h4-19,23,28-29,33-34,43H,20-22,40H2,1-3H3,(H,41,45)/t28-,29+,34+/m0/s1. The average molecular weight is 732 g/mol. The maximum absolute atomic E-state index is 14.8. The molecule has 1 amide bonds.